The fraction of sp³-hybridized carbons (Fsp3) is 0.333. The van der Waals surface area contributed by atoms with Crippen LogP contribution < -0.4 is 4.90 Å². The Morgan fingerprint density at radius 2 is 1.95 bits per heavy atom. The van der Waals surface area contributed by atoms with Crippen molar-refractivity contribution < 1.29 is 18.8 Å². The number of methoxy groups -OCH3 is 1. The van der Waals surface area contributed by atoms with Gasteiger partial charge in [0.25, 0.3) is 0 Å². The van der Waals surface area contributed by atoms with Crippen molar-refractivity contribution in [2.75, 3.05) is 38.3 Å². The molecule has 6 heteroatoms. The molecule has 0 radical (unpaired) electrons. The summed E-state index contributed by atoms with van der Waals surface area (Å²) in [4.78, 5) is 13.6. The highest BCUT2D eigenvalue weighted by Crippen LogP contribution is 2.24. The summed E-state index contributed by atoms with van der Waals surface area (Å²) in [7, 11) is 1.31. The van der Waals surface area contributed by atoms with E-state index < -0.39 is 5.97 Å². The summed E-state index contributed by atoms with van der Waals surface area (Å²) in [5.41, 5.74) is 2.19. The van der Waals surface area contributed by atoms with E-state index >= 15 is 0 Å². The van der Waals surface area contributed by atoms with E-state index in [0.29, 0.717) is 5.76 Å². The largest absolute Gasteiger partial charge is 0.464 e. The lowest BCUT2D eigenvalue weighted by Crippen LogP contribution is -2.36. The zero-order valence-electron chi connectivity index (χ0n) is 11.7. The van der Waals surface area contributed by atoms with Gasteiger partial charge in [0.15, 0.2) is 11.5 Å². The standard InChI is InChI=1S/C15H16N2O4/c1-19-15(18)13-10-14(21-16-13)11-2-4-12(5-3-11)17-6-8-20-9-7-17/h2-5,10H,6-9H2,1H3. The van der Waals surface area contributed by atoms with Crippen LogP contribution >= 0.6 is 0 Å². The highest BCUT2D eigenvalue weighted by atomic mass is 16.5. The molecule has 0 spiro atoms. The van der Waals surface area contributed by atoms with E-state index in [1.165, 1.54) is 7.11 Å². The minimum absolute atomic E-state index is 0.171. The van der Waals surface area contributed by atoms with Gasteiger partial charge in [-0.1, -0.05) is 5.16 Å². The molecule has 6 nitrogen and oxygen atoms in total. The molecule has 0 saturated carbocycles. The molecule has 0 aliphatic carbocycles. The maximum absolute atomic E-state index is 11.4. The van der Waals surface area contributed by atoms with Crippen LogP contribution in [0.1, 0.15) is 10.5 Å². The zero-order chi connectivity index (χ0) is 14.7. The number of carbonyl (C=O) groups excluding carboxylic acids is 1. The molecule has 2 heterocycles. The molecule has 1 aromatic carbocycles. The SMILES string of the molecule is COC(=O)c1cc(-c2ccc(N3CCOCC3)cc2)on1. The van der Waals surface area contributed by atoms with E-state index in [0.717, 1.165) is 37.6 Å². The van der Waals surface area contributed by atoms with Gasteiger partial charge >= 0.3 is 5.97 Å². The number of rotatable bonds is 3. The highest BCUT2D eigenvalue weighted by molar-refractivity contribution is 5.88. The molecule has 0 unspecified atom stereocenters. The summed E-state index contributed by atoms with van der Waals surface area (Å²) in [5, 5.41) is 3.70. The third-order valence-corrected chi connectivity index (χ3v) is 3.43. The first-order valence-corrected chi connectivity index (χ1v) is 6.76. The predicted octanol–water partition coefficient (Wildman–Crippen LogP) is 1.96. The van der Waals surface area contributed by atoms with E-state index in [9.17, 15) is 4.79 Å². The molecule has 1 saturated heterocycles. The number of hydrogen-bond acceptors (Lipinski definition) is 6. The van der Waals surface area contributed by atoms with Crippen molar-refractivity contribution in [3.63, 3.8) is 0 Å². The van der Waals surface area contributed by atoms with Crippen LogP contribution in [-0.4, -0.2) is 44.5 Å². The first-order valence-electron chi connectivity index (χ1n) is 6.76. The Balaban J connectivity index is 1.77. The van der Waals surface area contributed by atoms with E-state index in [2.05, 4.69) is 14.8 Å². The Morgan fingerprint density at radius 1 is 1.24 bits per heavy atom. The third kappa shape index (κ3) is 2.90. The summed E-state index contributed by atoms with van der Waals surface area (Å²) < 4.78 is 15.1. The number of anilines is 1. The molecule has 3 rings (SSSR count). The first-order chi connectivity index (χ1) is 10.3. The lowest BCUT2D eigenvalue weighted by molar-refractivity contribution is 0.0589. The first kappa shape index (κ1) is 13.6. The topological polar surface area (TPSA) is 64.8 Å². The maximum atomic E-state index is 11.4. The van der Waals surface area contributed by atoms with Gasteiger partial charge in [0.1, 0.15) is 0 Å². The minimum atomic E-state index is -0.505. The monoisotopic (exact) mass is 288 g/mol. The normalized spacial score (nSPS) is 15.0. The molecular weight excluding hydrogens is 272 g/mol. The average molecular weight is 288 g/mol. The van der Waals surface area contributed by atoms with Gasteiger partial charge in [0, 0.05) is 30.4 Å². The van der Waals surface area contributed by atoms with Gasteiger partial charge in [-0.15, -0.1) is 0 Å². The Hall–Kier alpha value is -2.34. The van der Waals surface area contributed by atoms with E-state index in [1.807, 2.05) is 24.3 Å². The van der Waals surface area contributed by atoms with Gasteiger partial charge in [-0.05, 0) is 24.3 Å². The molecule has 2 aromatic rings. The number of hydrogen-bond donors (Lipinski definition) is 0. The van der Waals surface area contributed by atoms with Crippen molar-refractivity contribution in [1.29, 1.82) is 0 Å². The van der Waals surface area contributed by atoms with Crippen LogP contribution in [0.15, 0.2) is 34.9 Å². The Kier molecular flexibility index (Phi) is 3.87. The number of nitrogens with zero attached hydrogens (tertiary/aromatic N) is 2. The number of benzene rings is 1. The van der Waals surface area contributed by atoms with Crippen LogP contribution in [0, 0.1) is 0 Å². The lowest BCUT2D eigenvalue weighted by Gasteiger charge is -2.28. The molecule has 0 bridgehead atoms. The number of aromatic nitrogens is 1. The number of carbonyl (C=O) groups is 1. The fourth-order valence-corrected chi connectivity index (χ4v) is 2.27. The Bertz CT molecular complexity index is 615. The van der Waals surface area contributed by atoms with Gasteiger partial charge in [0.2, 0.25) is 0 Å². The van der Waals surface area contributed by atoms with Crippen LogP contribution in [0.3, 0.4) is 0 Å². The summed E-state index contributed by atoms with van der Waals surface area (Å²) >= 11 is 0. The molecule has 1 aliphatic heterocycles. The van der Waals surface area contributed by atoms with Crippen LogP contribution in [0.5, 0.6) is 0 Å². The van der Waals surface area contributed by atoms with Crippen molar-refractivity contribution in [2.45, 2.75) is 0 Å². The fourth-order valence-electron chi connectivity index (χ4n) is 2.27. The Morgan fingerprint density at radius 3 is 2.62 bits per heavy atom. The highest BCUT2D eigenvalue weighted by Gasteiger charge is 2.15. The third-order valence-electron chi connectivity index (χ3n) is 3.43. The smallest absolute Gasteiger partial charge is 0.360 e. The number of ether oxygens (including phenoxy) is 2. The van der Waals surface area contributed by atoms with Gasteiger partial charge in [-0.25, -0.2) is 4.79 Å². The molecular formula is C15H16N2O4. The number of esters is 1. The van der Waals surface area contributed by atoms with Gasteiger partial charge in [0.05, 0.1) is 20.3 Å². The van der Waals surface area contributed by atoms with Gasteiger partial charge < -0.3 is 18.9 Å². The molecule has 110 valence electrons. The minimum Gasteiger partial charge on any atom is -0.464 e. The van der Waals surface area contributed by atoms with Crippen LogP contribution in [0.25, 0.3) is 11.3 Å². The second kappa shape index (κ2) is 5.97. The molecule has 1 aliphatic rings. The maximum Gasteiger partial charge on any atom is 0.360 e. The second-order valence-corrected chi connectivity index (χ2v) is 4.71. The molecule has 0 N–H and O–H groups in total. The van der Waals surface area contributed by atoms with Crippen molar-refractivity contribution >= 4 is 11.7 Å². The summed E-state index contributed by atoms with van der Waals surface area (Å²) in [6, 6.07) is 9.54. The van der Waals surface area contributed by atoms with Crippen LogP contribution in [-0.2, 0) is 9.47 Å². The van der Waals surface area contributed by atoms with Crippen molar-refractivity contribution in [2.24, 2.45) is 0 Å². The van der Waals surface area contributed by atoms with Gasteiger partial charge in [-0.3, -0.25) is 0 Å². The summed E-state index contributed by atoms with van der Waals surface area (Å²) in [5.74, 6) is 0.0406. The quantitative estimate of drug-likeness (QED) is 0.804. The van der Waals surface area contributed by atoms with Crippen molar-refractivity contribution in [3.8, 4) is 11.3 Å². The predicted molar refractivity (Wildman–Crippen MR) is 76.3 cm³/mol. The molecule has 0 amide bonds. The molecule has 1 fully saturated rings. The lowest BCUT2D eigenvalue weighted by atomic mass is 10.1. The second-order valence-electron chi connectivity index (χ2n) is 4.71. The van der Waals surface area contributed by atoms with E-state index in [4.69, 9.17) is 9.26 Å². The average Bonchev–Trinajstić information content (AvgIpc) is 3.05. The van der Waals surface area contributed by atoms with Crippen molar-refractivity contribution in [1.82, 2.24) is 5.16 Å². The Labute approximate surface area is 122 Å². The van der Waals surface area contributed by atoms with Crippen molar-refractivity contribution in [3.05, 3.63) is 36.0 Å². The summed E-state index contributed by atoms with van der Waals surface area (Å²) in [6.07, 6.45) is 0. The zero-order valence-corrected chi connectivity index (χ0v) is 11.7. The molecule has 0 atom stereocenters. The van der Waals surface area contributed by atoms with E-state index in [1.54, 1.807) is 6.07 Å². The molecule has 1 aromatic heterocycles. The van der Waals surface area contributed by atoms with E-state index in [-0.39, 0.29) is 5.69 Å². The number of morpholine rings is 1. The van der Waals surface area contributed by atoms with Crippen LogP contribution in [0.4, 0.5) is 5.69 Å². The molecule has 21 heavy (non-hydrogen) atoms. The van der Waals surface area contributed by atoms with Gasteiger partial charge in [-0.2, -0.15) is 0 Å². The summed E-state index contributed by atoms with van der Waals surface area (Å²) in [6.45, 7) is 3.31. The van der Waals surface area contributed by atoms with Crippen LogP contribution in [0.2, 0.25) is 0 Å².